The smallest absolute Gasteiger partial charge is 0.174 e. The van der Waals surface area contributed by atoms with E-state index in [0.29, 0.717) is 19.0 Å². The van der Waals surface area contributed by atoms with Crippen LogP contribution < -0.4 is 9.47 Å². The molecule has 118 valence electrons. The summed E-state index contributed by atoms with van der Waals surface area (Å²) in [6.07, 6.45) is 0. The second-order valence-corrected chi connectivity index (χ2v) is 4.89. The van der Waals surface area contributed by atoms with E-state index in [1.54, 1.807) is 7.11 Å². The summed E-state index contributed by atoms with van der Waals surface area (Å²) in [6.45, 7) is 0.741. The van der Waals surface area contributed by atoms with Gasteiger partial charge in [0.15, 0.2) is 5.76 Å². The molecule has 0 atom stereocenters. The highest BCUT2D eigenvalue weighted by molar-refractivity contribution is 5.35. The average Bonchev–Trinajstić information content (AvgIpc) is 3.03. The highest BCUT2D eigenvalue weighted by Gasteiger charge is 2.05. The Kier molecular flexibility index (Phi) is 4.91. The van der Waals surface area contributed by atoms with E-state index in [2.05, 4.69) is 5.16 Å². The van der Waals surface area contributed by atoms with Crippen molar-refractivity contribution in [2.45, 2.75) is 13.2 Å². The molecule has 0 bridgehead atoms. The molecule has 5 heteroatoms. The third kappa shape index (κ3) is 4.34. The van der Waals surface area contributed by atoms with Gasteiger partial charge in [-0.05, 0) is 36.4 Å². The lowest BCUT2D eigenvalue weighted by atomic mass is 10.3. The standard InChI is InChI=1S/C18H17NO4/c1-20-12-14-11-18(23-19-14)13-21-15-7-9-17(10-8-15)22-16-5-3-2-4-6-16/h2-11H,12-13H2,1H3. The Labute approximate surface area is 134 Å². The van der Waals surface area contributed by atoms with Crippen LogP contribution in [-0.4, -0.2) is 12.3 Å². The van der Waals surface area contributed by atoms with Crippen molar-refractivity contribution in [1.82, 2.24) is 5.16 Å². The fraction of sp³-hybridized carbons (Fsp3) is 0.167. The fourth-order valence-corrected chi connectivity index (χ4v) is 2.02. The van der Waals surface area contributed by atoms with Gasteiger partial charge in [0.2, 0.25) is 0 Å². The lowest BCUT2D eigenvalue weighted by Gasteiger charge is -2.07. The van der Waals surface area contributed by atoms with Crippen molar-refractivity contribution >= 4 is 0 Å². The van der Waals surface area contributed by atoms with Crippen molar-refractivity contribution in [3.8, 4) is 17.2 Å². The number of benzene rings is 2. The van der Waals surface area contributed by atoms with Gasteiger partial charge in [0.1, 0.15) is 29.5 Å². The van der Waals surface area contributed by atoms with Crippen LogP contribution in [0.1, 0.15) is 11.5 Å². The molecule has 1 aromatic heterocycles. The molecule has 0 aliphatic heterocycles. The second kappa shape index (κ2) is 7.47. The highest BCUT2D eigenvalue weighted by Crippen LogP contribution is 2.24. The van der Waals surface area contributed by atoms with Crippen molar-refractivity contribution in [2.75, 3.05) is 7.11 Å². The molecule has 0 N–H and O–H groups in total. The summed E-state index contributed by atoms with van der Waals surface area (Å²) >= 11 is 0. The Hall–Kier alpha value is -2.79. The maximum atomic E-state index is 5.73. The summed E-state index contributed by atoms with van der Waals surface area (Å²) in [7, 11) is 1.62. The molecule has 0 unspecified atom stereocenters. The fourth-order valence-electron chi connectivity index (χ4n) is 2.02. The monoisotopic (exact) mass is 311 g/mol. The minimum atomic E-state index is 0.315. The molecule has 0 amide bonds. The van der Waals surface area contributed by atoms with E-state index in [4.69, 9.17) is 18.7 Å². The van der Waals surface area contributed by atoms with E-state index in [-0.39, 0.29) is 0 Å². The minimum Gasteiger partial charge on any atom is -0.486 e. The van der Waals surface area contributed by atoms with Crippen LogP contribution in [0.5, 0.6) is 17.2 Å². The first-order chi connectivity index (χ1) is 11.3. The number of hydrogen-bond acceptors (Lipinski definition) is 5. The van der Waals surface area contributed by atoms with Gasteiger partial charge in [-0.3, -0.25) is 0 Å². The summed E-state index contributed by atoms with van der Waals surface area (Å²) in [5.74, 6) is 2.94. The van der Waals surface area contributed by atoms with Gasteiger partial charge in [-0.2, -0.15) is 0 Å². The summed E-state index contributed by atoms with van der Waals surface area (Å²) < 4.78 is 21.5. The Bertz CT molecular complexity index is 722. The first-order valence-corrected chi connectivity index (χ1v) is 7.22. The molecule has 0 saturated carbocycles. The molecule has 0 fully saturated rings. The van der Waals surface area contributed by atoms with Crippen LogP contribution in [0, 0.1) is 0 Å². The third-order valence-corrected chi connectivity index (χ3v) is 3.08. The molecule has 0 saturated heterocycles. The van der Waals surface area contributed by atoms with Gasteiger partial charge in [0.05, 0.1) is 6.61 Å². The predicted molar refractivity (Wildman–Crippen MR) is 84.5 cm³/mol. The van der Waals surface area contributed by atoms with Gasteiger partial charge in [-0.25, -0.2) is 0 Å². The molecule has 2 aromatic carbocycles. The molecule has 0 aliphatic rings. The molecule has 5 nitrogen and oxygen atoms in total. The Morgan fingerprint density at radius 1 is 0.870 bits per heavy atom. The van der Waals surface area contributed by atoms with Crippen LogP contribution in [0.3, 0.4) is 0 Å². The normalized spacial score (nSPS) is 10.5. The van der Waals surface area contributed by atoms with E-state index in [9.17, 15) is 0 Å². The zero-order valence-electron chi connectivity index (χ0n) is 12.8. The van der Waals surface area contributed by atoms with Crippen LogP contribution >= 0.6 is 0 Å². The van der Waals surface area contributed by atoms with Crippen LogP contribution in [-0.2, 0) is 18.0 Å². The van der Waals surface area contributed by atoms with Crippen LogP contribution in [0.15, 0.2) is 65.2 Å². The predicted octanol–water partition coefficient (Wildman–Crippen LogP) is 4.19. The Morgan fingerprint density at radius 2 is 1.57 bits per heavy atom. The molecule has 23 heavy (non-hydrogen) atoms. The molecule has 1 heterocycles. The van der Waals surface area contributed by atoms with Crippen LogP contribution in [0.25, 0.3) is 0 Å². The molecule has 0 radical (unpaired) electrons. The maximum Gasteiger partial charge on any atom is 0.174 e. The molecular weight excluding hydrogens is 294 g/mol. The Morgan fingerprint density at radius 3 is 2.30 bits per heavy atom. The van der Waals surface area contributed by atoms with Gasteiger partial charge in [0.25, 0.3) is 0 Å². The molecule has 0 spiro atoms. The molecular formula is C18H17NO4. The summed E-state index contributed by atoms with van der Waals surface area (Å²) in [5, 5.41) is 3.88. The number of methoxy groups -OCH3 is 1. The van der Waals surface area contributed by atoms with Crippen molar-refractivity contribution < 1.29 is 18.7 Å². The minimum absolute atomic E-state index is 0.315. The maximum absolute atomic E-state index is 5.73. The molecule has 3 aromatic rings. The van der Waals surface area contributed by atoms with Crippen LogP contribution in [0.2, 0.25) is 0 Å². The number of hydrogen-bond donors (Lipinski definition) is 0. The SMILES string of the molecule is COCc1cc(COc2ccc(Oc3ccccc3)cc2)on1. The topological polar surface area (TPSA) is 53.7 Å². The first-order valence-electron chi connectivity index (χ1n) is 7.22. The van der Waals surface area contributed by atoms with E-state index in [1.165, 1.54) is 0 Å². The number of nitrogens with zero attached hydrogens (tertiary/aromatic N) is 1. The Balaban J connectivity index is 1.54. The lowest BCUT2D eigenvalue weighted by molar-refractivity contribution is 0.176. The van der Waals surface area contributed by atoms with Crippen molar-refractivity contribution in [1.29, 1.82) is 0 Å². The number of ether oxygens (including phenoxy) is 3. The number of para-hydroxylation sites is 1. The van der Waals surface area contributed by atoms with Gasteiger partial charge in [-0.15, -0.1) is 0 Å². The van der Waals surface area contributed by atoms with Crippen molar-refractivity contribution in [3.05, 3.63) is 72.1 Å². The number of rotatable bonds is 7. The summed E-state index contributed by atoms with van der Waals surface area (Å²) in [6, 6.07) is 18.9. The van der Waals surface area contributed by atoms with E-state index in [1.807, 2.05) is 60.7 Å². The van der Waals surface area contributed by atoms with E-state index >= 15 is 0 Å². The van der Waals surface area contributed by atoms with Gasteiger partial charge in [-0.1, -0.05) is 23.4 Å². The summed E-state index contributed by atoms with van der Waals surface area (Å²) in [4.78, 5) is 0. The highest BCUT2D eigenvalue weighted by atomic mass is 16.5. The zero-order chi connectivity index (χ0) is 15.9. The van der Waals surface area contributed by atoms with Crippen molar-refractivity contribution in [2.24, 2.45) is 0 Å². The zero-order valence-corrected chi connectivity index (χ0v) is 12.8. The van der Waals surface area contributed by atoms with E-state index in [0.717, 1.165) is 22.9 Å². The largest absolute Gasteiger partial charge is 0.486 e. The third-order valence-electron chi connectivity index (χ3n) is 3.08. The summed E-state index contributed by atoms with van der Waals surface area (Å²) in [5.41, 5.74) is 0.748. The average molecular weight is 311 g/mol. The molecule has 0 aliphatic carbocycles. The molecule has 3 rings (SSSR count). The lowest BCUT2D eigenvalue weighted by Crippen LogP contribution is -1.94. The van der Waals surface area contributed by atoms with Crippen LogP contribution in [0.4, 0.5) is 0 Å². The first kappa shape index (κ1) is 15.1. The number of aromatic nitrogens is 1. The van der Waals surface area contributed by atoms with Crippen molar-refractivity contribution in [3.63, 3.8) is 0 Å². The van der Waals surface area contributed by atoms with Gasteiger partial charge in [0, 0.05) is 13.2 Å². The van der Waals surface area contributed by atoms with E-state index < -0.39 is 0 Å². The quantitative estimate of drug-likeness (QED) is 0.655. The van der Waals surface area contributed by atoms with Gasteiger partial charge < -0.3 is 18.7 Å². The second-order valence-electron chi connectivity index (χ2n) is 4.89. The van der Waals surface area contributed by atoms with Gasteiger partial charge >= 0.3 is 0 Å².